The molecule has 0 spiro atoms. The highest BCUT2D eigenvalue weighted by atomic mass is 35.5. The molecule has 0 saturated heterocycles. The Kier molecular flexibility index (Phi) is 12.0. The number of aromatic nitrogens is 1. The molecule has 0 atom stereocenters. The van der Waals surface area contributed by atoms with Crippen LogP contribution in [0.1, 0.15) is 58.2 Å². The van der Waals surface area contributed by atoms with Crippen molar-refractivity contribution in [1.82, 2.24) is 9.29 Å². The van der Waals surface area contributed by atoms with Crippen LogP contribution in [0.3, 0.4) is 0 Å². The van der Waals surface area contributed by atoms with E-state index in [9.17, 15) is 27.1 Å². The van der Waals surface area contributed by atoms with E-state index in [1.165, 1.54) is 12.1 Å². The zero-order valence-corrected chi connectivity index (χ0v) is 33.1. The molecule has 55 heavy (non-hydrogen) atoms. The van der Waals surface area contributed by atoms with Gasteiger partial charge in [0.1, 0.15) is 5.75 Å². The standard InChI is InChI=1S/C43H45ClN2O7S2/c1-3-55(51,52,4-2)37-22-15-31(16-23-37)30-54(49,50)45-27-25-41-38(26-28-53-36-20-17-34(18-21-36)43(47)48)39-29-35(44)19-24-40(39)46(41)42(32-11-7-5-8-12-32)33-13-9-6-10-14-33/h5-24,29,42,45H,3-4,25-28,30H2,1-2H3,(H,47,48)(H,51,52). The van der Waals surface area contributed by atoms with Gasteiger partial charge in [0.2, 0.25) is 10.0 Å². The van der Waals surface area contributed by atoms with Crippen molar-refractivity contribution in [1.29, 1.82) is 0 Å². The summed E-state index contributed by atoms with van der Waals surface area (Å²) < 4.78 is 62.5. The lowest BCUT2D eigenvalue weighted by Gasteiger charge is -2.41. The van der Waals surface area contributed by atoms with E-state index < -0.39 is 25.3 Å². The summed E-state index contributed by atoms with van der Waals surface area (Å²) in [5.74, 6) is -0.615. The van der Waals surface area contributed by atoms with Crippen molar-refractivity contribution < 1.29 is 31.8 Å². The normalized spacial score (nSPS) is 12.8. The second kappa shape index (κ2) is 16.5. The Morgan fingerprint density at radius 1 is 0.836 bits per heavy atom. The fourth-order valence-electron chi connectivity index (χ4n) is 7.00. The molecule has 3 N–H and O–H groups in total. The largest absolute Gasteiger partial charge is 0.493 e. The van der Waals surface area contributed by atoms with Gasteiger partial charge < -0.3 is 14.4 Å². The topological polar surface area (TPSA) is 135 Å². The molecule has 0 saturated carbocycles. The third-order valence-electron chi connectivity index (χ3n) is 10.1. The first-order chi connectivity index (χ1) is 26.3. The number of hydrogen-bond acceptors (Lipinski definition) is 5. The molecule has 1 heterocycles. The van der Waals surface area contributed by atoms with Crippen molar-refractivity contribution in [2.45, 2.75) is 43.4 Å². The van der Waals surface area contributed by atoms with E-state index in [-0.39, 0.29) is 42.0 Å². The first-order valence-electron chi connectivity index (χ1n) is 18.1. The number of hydrogen-bond donors (Lipinski definition) is 3. The van der Waals surface area contributed by atoms with E-state index in [4.69, 9.17) is 16.3 Å². The lowest BCUT2D eigenvalue weighted by atomic mass is 9.97. The molecule has 6 aromatic rings. The monoisotopic (exact) mass is 800 g/mol. The molecule has 5 aromatic carbocycles. The number of ether oxygens (including phenoxy) is 1. The number of nitrogens with zero attached hydrogens (tertiary/aromatic N) is 1. The fourth-order valence-corrected chi connectivity index (χ4v) is 10.2. The Morgan fingerprint density at radius 2 is 1.44 bits per heavy atom. The molecule has 0 radical (unpaired) electrons. The quantitative estimate of drug-likeness (QED) is 0.0841. The number of sulfonamides is 1. The number of aromatic carboxylic acids is 1. The van der Waals surface area contributed by atoms with Crippen LogP contribution in [0.15, 0.2) is 132 Å². The van der Waals surface area contributed by atoms with Gasteiger partial charge in [-0.05, 0) is 90.7 Å². The number of nitrogens with one attached hydrogen (secondary N) is 1. The summed E-state index contributed by atoms with van der Waals surface area (Å²) >= 11 is 6.63. The molecule has 0 amide bonds. The van der Waals surface area contributed by atoms with Gasteiger partial charge in [0.05, 0.1) is 28.9 Å². The van der Waals surface area contributed by atoms with Gasteiger partial charge >= 0.3 is 5.97 Å². The Hall–Kier alpha value is -4.78. The summed E-state index contributed by atoms with van der Waals surface area (Å²) in [4.78, 5) is 11.7. The molecule has 0 unspecified atom stereocenters. The summed E-state index contributed by atoms with van der Waals surface area (Å²) in [5.41, 5.74) is 5.57. The van der Waals surface area contributed by atoms with Crippen molar-refractivity contribution in [3.63, 3.8) is 0 Å². The SMILES string of the molecule is CCS(=O)(O)(CC)c1ccc(CS(=O)(=O)NCCc2c(CCOc3ccc(C(=O)O)cc3)c3cc(Cl)ccc3n2C(c2ccccc2)c2ccccc2)cc1. The Labute approximate surface area is 327 Å². The predicted octanol–water partition coefficient (Wildman–Crippen LogP) is 8.61. The van der Waals surface area contributed by atoms with Crippen LogP contribution in [0, 0.1) is 0 Å². The van der Waals surface area contributed by atoms with E-state index in [1.54, 1.807) is 50.2 Å². The molecule has 9 nitrogen and oxygen atoms in total. The van der Waals surface area contributed by atoms with Crippen LogP contribution in [0.25, 0.3) is 10.9 Å². The Bertz CT molecular complexity index is 2400. The molecule has 1 aromatic heterocycles. The van der Waals surface area contributed by atoms with E-state index in [0.29, 0.717) is 34.1 Å². The highest BCUT2D eigenvalue weighted by Crippen LogP contribution is 2.38. The third-order valence-corrected chi connectivity index (χ3v) is 15.4. The maximum Gasteiger partial charge on any atom is 0.335 e. The molecule has 0 aliphatic carbocycles. The second-order valence-electron chi connectivity index (χ2n) is 13.5. The van der Waals surface area contributed by atoms with Crippen LogP contribution >= 0.6 is 11.6 Å². The van der Waals surface area contributed by atoms with Crippen molar-refractivity contribution in [2.24, 2.45) is 0 Å². The van der Waals surface area contributed by atoms with Crippen molar-refractivity contribution in [3.05, 3.63) is 166 Å². The molecule has 288 valence electrons. The van der Waals surface area contributed by atoms with Gasteiger partial charge in [-0.25, -0.2) is 22.1 Å². The Balaban J connectivity index is 1.35. The van der Waals surface area contributed by atoms with Crippen LogP contribution in [0.5, 0.6) is 5.75 Å². The minimum atomic E-state index is -4.00. The zero-order chi connectivity index (χ0) is 39.2. The van der Waals surface area contributed by atoms with Crippen LogP contribution in [-0.4, -0.2) is 57.5 Å². The zero-order valence-electron chi connectivity index (χ0n) is 30.7. The van der Waals surface area contributed by atoms with Gasteiger partial charge in [-0.3, -0.25) is 4.55 Å². The first kappa shape index (κ1) is 39.9. The number of fused-ring (bicyclic) bond motifs is 1. The Morgan fingerprint density at radius 3 is 2.00 bits per heavy atom. The molecule has 0 bridgehead atoms. The molecule has 6 rings (SSSR count). The van der Waals surface area contributed by atoms with Gasteiger partial charge in [-0.1, -0.05) is 84.4 Å². The summed E-state index contributed by atoms with van der Waals surface area (Å²) in [6, 6.07) is 38.4. The minimum Gasteiger partial charge on any atom is -0.493 e. The molecular formula is C43H45ClN2O7S2. The number of carboxylic acids is 1. The summed E-state index contributed by atoms with van der Waals surface area (Å²) in [6.07, 6.45) is 0.796. The maximum atomic E-state index is 13.5. The second-order valence-corrected chi connectivity index (χ2v) is 19.8. The lowest BCUT2D eigenvalue weighted by molar-refractivity contribution is 0.0696. The van der Waals surface area contributed by atoms with Crippen LogP contribution in [-0.2, 0) is 38.0 Å². The molecular weight excluding hydrogens is 756 g/mol. The van der Waals surface area contributed by atoms with E-state index >= 15 is 0 Å². The third kappa shape index (κ3) is 9.03. The summed E-state index contributed by atoms with van der Waals surface area (Å²) in [7, 11) is -7.80. The molecule has 0 aliphatic heterocycles. The van der Waals surface area contributed by atoms with Crippen LogP contribution < -0.4 is 9.46 Å². The van der Waals surface area contributed by atoms with Gasteiger partial charge in [-0.15, -0.1) is 0 Å². The highest BCUT2D eigenvalue weighted by molar-refractivity contribution is 8.15. The number of benzene rings is 5. The smallest absolute Gasteiger partial charge is 0.335 e. The van der Waals surface area contributed by atoms with Gasteiger partial charge in [-0.2, -0.15) is 9.35 Å². The lowest BCUT2D eigenvalue weighted by Crippen LogP contribution is -2.37. The molecule has 12 heteroatoms. The van der Waals surface area contributed by atoms with Crippen LogP contribution in [0.2, 0.25) is 5.02 Å². The fraction of sp³-hybridized carbons (Fsp3) is 0.233. The first-order valence-corrected chi connectivity index (χ1v) is 22.4. The van der Waals surface area contributed by atoms with Crippen LogP contribution in [0.4, 0.5) is 0 Å². The number of carboxylic acid groups (broad SMARTS) is 1. The number of carbonyl (C=O) groups is 1. The highest BCUT2D eigenvalue weighted by Gasteiger charge is 2.28. The van der Waals surface area contributed by atoms with Crippen molar-refractivity contribution in [3.8, 4) is 5.75 Å². The van der Waals surface area contributed by atoms with Crippen molar-refractivity contribution in [2.75, 3.05) is 24.7 Å². The van der Waals surface area contributed by atoms with E-state index in [0.717, 1.165) is 33.3 Å². The summed E-state index contributed by atoms with van der Waals surface area (Å²) in [6.45, 7) is 3.72. The number of halogens is 1. The van der Waals surface area contributed by atoms with E-state index in [1.807, 2.05) is 54.6 Å². The average molecular weight is 801 g/mol. The predicted molar refractivity (Wildman–Crippen MR) is 221 cm³/mol. The van der Waals surface area contributed by atoms with Crippen molar-refractivity contribution >= 4 is 47.8 Å². The molecule has 0 fully saturated rings. The van der Waals surface area contributed by atoms with Gasteiger partial charge in [0.15, 0.2) is 0 Å². The minimum absolute atomic E-state index is 0.0826. The average Bonchev–Trinajstić information content (AvgIpc) is 3.47. The molecule has 0 aliphatic rings. The number of rotatable bonds is 17. The van der Waals surface area contributed by atoms with E-state index in [2.05, 4.69) is 33.6 Å². The summed E-state index contributed by atoms with van der Waals surface area (Å²) in [5, 5.41) is 10.8. The van der Waals surface area contributed by atoms with Gasteiger partial charge in [0.25, 0.3) is 0 Å². The van der Waals surface area contributed by atoms with Gasteiger partial charge in [0, 0.05) is 52.5 Å². The maximum absolute atomic E-state index is 13.5.